The molecule has 1 saturated carbocycles. The second-order valence-electron chi connectivity index (χ2n) is 5.89. The number of furan rings is 1. The second-order valence-corrected chi connectivity index (χ2v) is 5.89. The fourth-order valence-corrected chi connectivity index (χ4v) is 2.99. The maximum atomic E-state index is 5.91. The van der Waals surface area contributed by atoms with Gasteiger partial charge in [0.15, 0.2) is 0 Å². The van der Waals surface area contributed by atoms with Crippen LogP contribution in [0.4, 0.5) is 0 Å². The number of ether oxygens (including phenoxy) is 2. The van der Waals surface area contributed by atoms with E-state index in [0.29, 0.717) is 18.8 Å². The highest BCUT2D eigenvalue weighted by molar-refractivity contribution is 5.11. The number of rotatable bonds is 10. The monoisotopic (exact) mass is 295 g/mol. The standard InChI is InChI=1S/C17H29NO3/c1-4-8-18-16(11-13-9-15(10-13)20-5-2)17-7-6-14(21-17)12-19-3/h6-7,13,15-16,18H,4-5,8-12H2,1-3H3. The van der Waals surface area contributed by atoms with E-state index in [9.17, 15) is 0 Å². The molecule has 0 saturated heterocycles. The minimum atomic E-state index is 0.308. The van der Waals surface area contributed by atoms with Crippen molar-refractivity contribution in [2.75, 3.05) is 20.3 Å². The van der Waals surface area contributed by atoms with Gasteiger partial charge >= 0.3 is 0 Å². The van der Waals surface area contributed by atoms with Gasteiger partial charge in [-0.05, 0) is 57.2 Å². The van der Waals surface area contributed by atoms with E-state index in [1.165, 1.54) is 12.8 Å². The lowest BCUT2D eigenvalue weighted by Gasteiger charge is -2.36. The van der Waals surface area contributed by atoms with E-state index in [1.54, 1.807) is 7.11 Å². The average Bonchev–Trinajstić information content (AvgIpc) is 2.89. The zero-order valence-electron chi connectivity index (χ0n) is 13.6. The molecule has 0 radical (unpaired) electrons. The van der Waals surface area contributed by atoms with Gasteiger partial charge < -0.3 is 19.2 Å². The van der Waals surface area contributed by atoms with Crippen LogP contribution in [0.1, 0.15) is 57.1 Å². The molecule has 0 spiro atoms. The van der Waals surface area contributed by atoms with Crippen molar-refractivity contribution < 1.29 is 13.9 Å². The van der Waals surface area contributed by atoms with Crippen molar-refractivity contribution in [3.8, 4) is 0 Å². The van der Waals surface area contributed by atoms with E-state index in [1.807, 2.05) is 6.07 Å². The minimum absolute atomic E-state index is 0.308. The SMILES string of the molecule is CCCNC(CC1CC(OCC)C1)c1ccc(COC)o1. The van der Waals surface area contributed by atoms with Crippen molar-refractivity contribution in [1.29, 1.82) is 0 Å². The zero-order chi connectivity index (χ0) is 15.1. The molecule has 21 heavy (non-hydrogen) atoms. The molecule has 1 aliphatic rings. The number of hydrogen-bond acceptors (Lipinski definition) is 4. The van der Waals surface area contributed by atoms with Gasteiger partial charge in [-0.15, -0.1) is 0 Å². The summed E-state index contributed by atoms with van der Waals surface area (Å²) >= 11 is 0. The van der Waals surface area contributed by atoms with Gasteiger partial charge in [-0.2, -0.15) is 0 Å². The van der Waals surface area contributed by atoms with Crippen LogP contribution >= 0.6 is 0 Å². The third-order valence-corrected chi connectivity index (χ3v) is 4.12. The minimum Gasteiger partial charge on any atom is -0.462 e. The molecule has 1 aromatic heterocycles. The molecule has 0 amide bonds. The number of methoxy groups -OCH3 is 1. The van der Waals surface area contributed by atoms with E-state index < -0.39 is 0 Å². The summed E-state index contributed by atoms with van der Waals surface area (Å²) < 4.78 is 16.7. The van der Waals surface area contributed by atoms with Gasteiger partial charge in [-0.25, -0.2) is 0 Å². The van der Waals surface area contributed by atoms with E-state index in [0.717, 1.165) is 43.4 Å². The third kappa shape index (κ3) is 4.83. The number of nitrogens with one attached hydrogen (secondary N) is 1. The first-order chi connectivity index (χ1) is 10.3. The summed E-state index contributed by atoms with van der Waals surface area (Å²) in [5.74, 6) is 2.68. The predicted molar refractivity (Wildman–Crippen MR) is 83.2 cm³/mol. The van der Waals surface area contributed by atoms with Gasteiger partial charge in [-0.3, -0.25) is 0 Å². The molecule has 1 fully saturated rings. The van der Waals surface area contributed by atoms with Crippen LogP contribution in [0.5, 0.6) is 0 Å². The van der Waals surface area contributed by atoms with Crippen LogP contribution in [0.15, 0.2) is 16.5 Å². The fraction of sp³-hybridized carbons (Fsp3) is 0.765. The van der Waals surface area contributed by atoms with E-state index in [2.05, 4.69) is 25.2 Å². The van der Waals surface area contributed by atoms with Crippen molar-refractivity contribution in [2.45, 2.75) is 58.3 Å². The summed E-state index contributed by atoms with van der Waals surface area (Å²) in [5.41, 5.74) is 0. The molecule has 1 heterocycles. The molecule has 0 aliphatic heterocycles. The highest BCUT2D eigenvalue weighted by Gasteiger charge is 2.32. The lowest BCUT2D eigenvalue weighted by Crippen LogP contribution is -2.34. The molecular weight excluding hydrogens is 266 g/mol. The molecular formula is C17H29NO3. The molecule has 4 heteroatoms. The molecule has 120 valence electrons. The highest BCUT2D eigenvalue weighted by Crippen LogP contribution is 2.37. The van der Waals surface area contributed by atoms with Crippen molar-refractivity contribution in [2.24, 2.45) is 5.92 Å². The van der Waals surface area contributed by atoms with Crippen molar-refractivity contribution >= 4 is 0 Å². The molecule has 1 atom stereocenters. The van der Waals surface area contributed by atoms with Gasteiger partial charge in [0.05, 0.1) is 12.1 Å². The van der Waals surface area contributed by atoms with Crippen LogP contribution in [0.25, 0.3) is 0 Å². The Bertz CT molecular complexity index is 398. The largest absolute Gasteiger partial charge is 0.462 e. The molecule has 1 aromatic rings. The van der Waals surface area contributed by atoms with Crippen molar-refractivity contribution in [3.05, 3.63) is 23.7 Å². The Morgan fingerprint density at radius 2 is 2.14 bits per heavy atom. The summed E-state index contributed by atoms with van der Waals surface area (Å²) in [5, 5.41) is 3.61. The first-order valence-corrected chi connectivity index (χ1v) is 8.19. The summed E-state index contributed by atoms with van der Waals surface area (Å²) in [6.07, 6.45) is 5.11. The summed E-state index contributed by atoms with van der Waals surface area (Å²) in [6.45, 7) is 6.65. The summed E-state index contributed by atoms with van der Waals surface area (Å²) in [7, 11) is 1.69. The molecule has 0 aromatic carbocycles. The molecule has 1 N–H and O–H groups in total. The average molecular weight is 295 g/mol. The van der Waals surface area contributed by atoms with Crippen LogP contribution in [-0.4, -0.2) is 26.4 Å². The van der Waals surface area contributed by atoms with Crippen LogP contribution in [-0.2, 0) is 16.1 Å². The van der Waals surface area contributed by atoms with Crippen LogP contribution in [0.3, 0.4) is 0 Å². The molecule has 2 rings (SSSR count). The highest BCUT2D eigenvalue weighted by atomic mass is 16.5. The van der Waals surface area contributed by atoms with Crippen LogP contribution in [0.2, 0.25) is 0 Å². The van der Waals surface area contributed by atoms with Crippen LogP contribution < -0.4 is 5.32 Å². The Balaban J connectivity index is 1.88. The normalized spacial score (nSPS) is 23.0. The Hall–Kier alpha value is -0.840. The van der Waals surface area contributed by atoms with Crippen molar-refractivity contribution in [3.63, 3.8) is 0 Å². The summed E-state index contributed by atoms with van der Waals surface area (Å²) in [4.78, 5) is 0. The number of hydrogen-bond donors (Lipinski definition) is 1. The lowest BCUT2D eigenvalue weighted by molar-refractivity contribution is -0.0297. The van der Waals surface area contributed by atoms with Gasteiger partial charge in [-0.1, -0.05) is 6.92 Å². The first kappa shape index (κ1) is 16.5. The Labute approximate surface area is 128 Å². The van der Waals surface area contributed by atoms with Crippen LogP contribution in [0, 0.1) is 5.92 Å². The maximum absolute atomic E-state index is 5.91. The van der Waals surface area contributed by atoms with E-state index in [4.69, 9.17) is 13.9 Å². The second kappa shape index (κ2) is 8.57. The van der Waals surface area contributed by atoms with Crippen molar-refractivity contribution in [1.82, 2.24) is 5.32 Å². The Kier molecular flexibility index (Phi) is 6.74. The Morgan fingerprint density at radius 1 is 1.33 bits per heavy atom. The smallest absolute Gasteiger partial charge is 0.129 e. The topological polar surface area (TPSA) is 43.6 Å². The zero-order valence-corrected chi connectivity index (χ0v) is 13.6. The molecule has 0 bridgehead atoms. The molecule has 1 unspecified atom stereocenters. The fourth-order valence-electron chi connectivity index (χ4n) is 2.99. The quantitative estimate of drug-likeness (QED) is 0.715. The predicted octanol–water partition coefficient (Wildman–Crippen LogP) is 3.67. The summed E-state index contributed by atoms with van der Waals surface area (Å²) in [6, 6.07) is 4.41. The van der Waals surface area contributed by atoms with Gasteiger partial charge in [0, 0.05) is 13.7 Å². The maximum Gasteiger partial charge on any atom is 0.129 e. The van der Waals surface area contributed by atoms with Gasteiger partial charge in [0.25, 0.3) is 0 Å². The van der Waals surface area contributed by atoms with Gasteiger partial charge in [0.2, 0.25) is 0 Å². The van der Waals surface area contributed by atoms with Gasteiger partial charge in [0.1, 0.15) is 18.1 Å². The lowest BCUT2D eigenvalue weighted by atomic mass is 9.78. The van der Waals surface area contributed by atoms with E-state index in [-0.39, 0.29) is 0 Å². The molecule has 4 nitrogen and oxygen atoms in total. The molecule has 1 aliphatic carbocycles. The Morgan fingerprint density at radius 3 is 2.81 bits per heavy atom. The first-order valence-electron chi connectivity index (χ1n) is 8.19. The van der Waals surface area contributed by atoms with E-state index >= 15 is 0 Å². The third-order valence-electron chi connectivity index (χ3n) is 4.12.